The van der Waals surface area contributed by atoms with E-state index < -0.39 is 0 Å². The van der Waals surface area contributed by atoms with Crippen molar-refractivity contribution in [1.82, 2.24) is 39.9 Å². The van der Waals surface area contributed by atoms with Crippen molar-refractivity contribution in [3.63, 3.8) is 0 Å². The highest BCUT2D eigenvalue weighted by Crippen LogP contribution is 2.41. The summed E-state index contributed by atoms with van der Waals surface area (Å²) in [4.78, 5) is 40.3. The molecule has 0 fully saturated rings. The maximum atomic E-state index is 6.40. The highest BCUT2D eigenvalue weighted by atomic mass is 35.5. The van der Waals surface area contributed by atoms with E-state index in [1.807, 2.05) is 18.2 Å². The molecule has 0 unspecified atom stereocenters. The number of benzene rings is 1. The number of rotatable bonds is 5. The van der Waals surface area contributed by atoms with Crippen molar-refractivity contribution in [2.45, 2.75) is 57.9 Å². The SMILES string of the molecule is Clc1ccc(CNc2nc(-c3cnccn3)nc3sc4c(c23)CCCC4)cc1Cl.Clc1nc(-c2cnccn2)nc2sc3c(c12)CCCC3. The van der Waals surface area contributed by atoms with Crippen LogP contribution in [0.4, 0.5) is 5.82 Å². The topological polar surface area (TPSA) is 115 Å². The molecule has 6 aromatic heterocycles. The molecule has 0 atom stereocenters. The standard InChI is InChI=1S/C21H17Cl2N5S.C14H11ClN4S/c22-14-6-5-12(9-15(14)23)10-26-20-18-13-3-1-2-4-17(13)29-21(18)28-19(27-20)16-11-24-7-8-25-16;15-12-11-8-3-1-2-4-10(8)20-14(11)19-13(18-12)9-7-16-5-6-17-9/h5-9,11H,1-4,10H2,(H,26,27,28);5-7H,1-4H2. The number of hydrogen-bond acceptors (Lipinski definition) is 11. The zero-order chi connectivity index (χ0) is 33.3. The number of nitrogens with one attached hydrogen (secondary N) is 1. The average Bonchev–Trinajstić information content (AvgIpc) is 3.72. The number of aromatic nitrogens is 8. The fourth-order valence-corrected chi connectivity index (χ4v) is 9.47. The van der Waals surface area contributed by atoms with Crippen LogP contribution in [-0.4, -0.2) is 39.9 Å². The van der Waals surface area contributed by atoms with Crippen molar-refractivity contribution in [3.8, 4) is 23.0 Å². The van der Waals surface area contributed by atoms with Crippen LogP contribution in [0.2, 0.25) is 15.2 Å². The van der Waals surface area contributed by atoms with Crippen LogP contribution >= 0.6 is 57.5 Å². The minimum absolute atomic E-state index is 0.537. The van der Waals surface area contributed by atoms with Gasteiger partial charge in [0.15, 0.2) is 11.6 Å². The third-order valence-electron chi connectivity index (χ3n) is 8.61. The van der Waals surface area contributed by atoms with E-state index in [-0.39, 0.29) is 0 Å². The zero-order valence-corrected chi connectivity index (χ0v) is 30.0. The molecule has 0 radical (unpaired) electrons. The van der Waals surface area contributed by atoms with Gasteiger partial charge in [0.25, 0.3) is 0 Å². The van der Waals surface area contributed by atoms with E-state index in [1.54, 1.807) is 59.9 Å². The second-order valence-corrected chi connectivity index (χ2v) is 15.1. The van der Waals surface area contributed by atoms with Crippen molar-refractivity contribution in [2.75, 3.05) is 5.32 Å². The average molecular weight is 745 g/mol. The van der Waals surface area contributed by atoms with Crippen molar-refractivity contribution >= 4 is 83.7 Å². The molecule has 0 saturated carbocycles. The summed E-state index contributed by atoms with van der Waals surface area (Å²) in [5.74, 6) is 1.97. The molecule has 2 aliphatic rings. The summed E-state index contributed by atoms with van der Waals surface area (Å²) in [7, 11) is 0. The lowest BCUT2D eigenvalue weighted by molar-refractivity contribution is 0.700. The van der Waals surface area contributed by atoms with Crippen LogP contribution in [0.15, 0.2) is 55.4 Å². The van der Waals surface area contributed by atoms with Crippen LogP contribution in [0.1, 0.15) is 52.1 Å². The molecule has 7 aromatic rings. The van der Waals surface area contributed by atoms with E-state index in [0.717, 1.165) is 57.5 Å². The summed E-state index contributed by atoms with van der Waals surface area (Å²) in [6.45, 7) is 0.591. The van der Waals surface area contributed by atoms with Crippen LogP contribution < -0.4 is 5.32 Å². The van der Waals surface area contributed by atoms with Crippen molar-refractivity contribution in [1.29, 1.82) is 0 Å². The molecule has 0 aliphatic heterocycles. The van der Waals surface area contributed by atoms with Gasteiger partial charge in [-0.25, -0.2) is 29.9 Å². The third-order valence-corrected chi connectivity index (χ3v) is 12.0. The second-order valence-electron chi connectivity index (χ2n) is 11.8. The predicted octanol–water partition coefficient (Wildman–Crippen LogP) is 9.63. The minimum atomic E-state index is 0.537. The van der Waals surface area contributed by atoms with Gasteiger partial charge in [-0.1, -0.05) is 40.9 Å². The summed E-state index contributed by atoms with van der Waals surface area (Å²) >= 11 is 22.1. The van der Waals surface area contributed by atoms with E-state index in [1.165, 1.54) is 46.6 Å². The first kappa shape index (κ1) is 32.3. The lowest BCUT2D eigenvalue weighted by atomic mass is 9.97. The Morgan fingerprint density at radius 1 is 0.633 bits per heavy atom. The first-order valence-electron chi connectivity index (χ1n) is 16.0. The summed E-state index contributed by atoms with van der Waals surface area (Å²) < 4.78 is 0. The van der Waals surface area contributed by atoms with Gasteiger partial charge >= 0.3 is 0 Å². The van der Waals surface area contributed by atoms with Crippen molar-refractivity contribution < 1.29 is 0 Å². The Bertz CT molecular complexity index is 2300. The van der Waals surface area contributed by atoms with Gasteiger partial charge in [-0.2, -0.15) is 0 Å². The van der Waals surface area contributed by atoms with Gasteiger partial charge in [0.1, 0.15) is 32.0 Å². The Labute approximate surface area is 305 Å². The monoisotopic (exact) mass is 743 g/mol. The number of anilines is 1. The van der Waals surface area contributed by atoms with E-state index in [2.05, 4.69) is 35.2 Å². The molecule has 0 amide bonds. The molecule has 1 aromatic carbocycles. The molecule has 0 spiro atoms. The minimum Gasteiger partial charge on any atom is -0.365 e. The first-order chi connectivity index (χ1) is 24.0. The first-order valence-corrected chi connectivity index (χ1v) is 18.8. The van der Waals surface area contributed by atoms with Gasteiger partial charge < -0.3 is 5.32 Å². The predicted molar refractivity (Wildman–Crippen MR) is 199 cm³/mol. The molecular weight excluding hydrogens is 717 g/mol. The molecule has 0 saturated heterocycles. The van der Waals surface area contributed by atoms with Gasteiger partial charge in [-0.3, -0.25) is 9.97 Å². The number of fused-ring (bicyclic) bond motifs is 6. The summed E-state index contributed by atoms with van der Waals surface area (Å²) in [5.41, 5.74) is 5.10. The number of nitrogens with zero attached hydrogens (tertiary/aromatic N) is 8. The maximum absolute atomic E-state index is 6.40. The summed E-state index contributed by atoms with van der Waals surface area (Å²) in [6.07, 6.45) is 19.2. The number of thiophene rings is 2. The quantitative estimate of drug-likeness (QED) is 0.172. The summed E-state index contributed by atoms with van der Waals surface area (Å²) in [6, 6.07) is 5.65. The Kier molecular flexibility index (Phi) is 9.35. The van der Waals surface area contributed by atoms with Crippen LogP contribution in [-0.2, 0) is 32.2 Å². The molecular formula is C35H28Cl3N9S2. The van der Waals surface area contributed by atoms with E-state index in [4.69, 9.17) is 44.8 Å². The molecule has 9 rings (SSSR count). The highest BCUT2D eigenvalue weighted by molar-refractivity contribution is 7.19. The third kappa shape index (κ3) is 6.70. The lowest BCUT2D eigenvalue weighted by Gasteiger charge is -2.13. The number of halogens is 3. The Balaban J connectivity index is 0.000000152. The Morgan fingerprint density at radius 2 is 1.22 bits per heavy atom. The fourth-order valence-electron chi connectivity index (χ4n) is 6.29. The molecule has 14 heteroatoms. The smallest absolute Gasteiger partial charge is 0.183 e. The van der Waals surface area contributed by atoms with Gasteiger partial charge in [-0.05, 0) is 80.2 Å². The molecule has 0 bridgehead atoms. The molecule has 6 heterocycles. The maximum Gasteiger partial charge on any atom is 0.183 e. The second kappa shape index (κ2) is 14.2. The summed E-state index contributed by atoms with van der Waals surface area (Å²) in [5, 5.41) is 7.32. The molecule has 2 aliphatic carbocycles. The van der Waals surface area contributed by atoms with E-state index in [0.29, 0.717) is 44.8 Å². The van der Waals surface area contributed by atoms with Crippen LogP contribution in [0, 0.1) is 0 Å². The normalized spacial score (nSPS) is 13.9. The van der Waals surface area contributed by atoms with Gasteiger partial charge in [0.05, 0.1) is 33.2 Å². The molecule has 49 heavy (non-hydrogen) atoms. The van der Waals surface area contributed by atoms with Crippen molar-refractivity contribution in [3.05, 3.63) is 97.0 Å². The van der Waals surface area contributed by atoms with Gasteiger partial charge in [0.2, 0.25) is 0 Å². The van der Waals surface area contributed by atoms with E-state index >= 15 is 0 Å². The van der Waals surface area contributed by atoms with Crippen LogP contribution in [0.3, 0.4) is 0 Å². The zero-order valence-electron chi connectivity index (χ0n) is 26.1. The molecule has 9 nitrogen and oxygen atoms in total. The number of hydrogen-bond donors (Lipinski definition) is 1. The number of aryl methyl sites for hydroxylation is 4. The Morgan fingerprint density at radius 3 is 1.84 bits per heavy atom. The lowest BCUT2D eigenvalue weighted by Crippen LogP contribution is -2.06. The fraction of sp³-hybridized carbons (Fsp3) is 0.257. The molecule has 1 N–H and O–H groups in total. The van der Waals surface area contributed by atoms with Crippen LogP contribution in [0.25, 0.3) is 43.5 Å². The highest BCUT2D eigenvalue weighted by Gasteiger charge is 2.23. The van der Waals surface area contributed by atoms with E-state index in [9.17, 15) is 0 Å². The molecule has 246 valence electrons. The van der Waals surface area contributed by atoms with Gasteiger partial charge in [0, 0.05) is 41.1 Å². The van der Waals surface area contributed by atoms with Crippen LogP contribution in [0.5, 0.6) is 0 Å². The Hall–Kier alpha value is -3.87. The van der Waals surface area contributed by atoms with Crippen molar-refractivity contribution in [2.24, 2.45) is 0 Å². The largest absolute Gasteiger partial charge is 0.365 e. The van der Waals surface area contributed by atoms with Gasteiger partial charge in [-0.15, -0.1) is 22.7 Å².